The third-order valence-electron chi connectivity index (χ3n) is 2.99. The van der Waals surface area contributed by atoms with Crippen LogP contribution in [-0.4, -0.2) is 19.5 Å². The Bertz CT molecular complexity index is 1000. The van der Waals surface area contributed by atoms with Crippen molar-refractivity contribution in [3.05, 3.63) is 102 Å². The van der Waals surface area contributed by atoms with Gasteiger partial charge in [-0.3, -0.25) is 24.1 Å². The molecule has 0 amide bonds. The van der Waals surface area contributed by atoms with E-state index in [-0.39, 0.29) is 16.8 Å². The highest BCUT2D eigenvalue weighted by atomic mass is 16.2. The molecule has 3 rings (SSSR count). The van der Waals surface area contributed by atoms with Crippen LogP contribution in [-0.2, 0) is 6.54 Å². The second-order valence-corrected chi connectivity index (χ2v) is 4.99. The summed E-state index contributed by atoms with van der Waals surface area (Å²) in [6.07, 6.45) is 1.49. The largest absolute Gasteiger partial charge is 0.328 e. The molecule has 124 valence electrons. The number of aromatic amines is 3. The first-order valence-corrected chi connectivity index (χ1v) is 7.08. The summed E-state index contributed by atoms with van der Waals surface area (Å²) in [5.41, 5.74) is 0.0160. The maximum Gasteiger partial charge on any atom is 0.328 e. The Balaban J connectivity index is 0.000000198. The molecule has 2 heterocycles. The average Bonchev–Trinajstić information content (AvgIpc) is 2.50. The molecule has 0 unspecified atom stereocenters. The van der Waals surface area contributed by atoms with Crippen molar-refractivity contribution in [2.75, 3.05) is 0 Å². The van der Waals surface area contributed by atoms with Crippen LogP contribution < -0.4 is 22.5 Å². The zero-order valence-electron chi connectivity index (χ0n) is 12.9. The van der Waals surface area contributed by atoms with Crippen LogP contribution in [0.1, 0.15) is 11.3 Å². The number of benzene rings is 1. The minimum Gasteiger partial charge on any atom is -0.312 e. The first-order chi connectivity index (χ1) is 11.4. The van der Waals surface area contributed by atoms with Gasteiger partial charge in [0.2, 0.25) is 0 Å². The van der Waals surface area contributed by atoms with E-state index in [2.05, 4.69) is 9.97 Å². The van der Waals surface area contributed by atoms with E-state index in [0.29, 0.717) is 12.2 Å². The highest BCUT2D eigenvalue weighted by Gasteiger charge is 1.97. The van der Waals surface area contributed by atoms with Crippen molar-refractivity contribution in [2.45, 2.75) is 13.5 Å². The summed E-state index contributed by atoms with van der Waals surface area (Å²) in [4.78, 5) is 49.7. The molecule has 0 aliphatic rings. The molecule has 24 heavy (non-hydrogen) atoms. The maximum absolute atomic E-state index is 11.4. The molecule has 0 fully saturated rings. The van der Waals surface area contributed by atoms with Gasteiger partial charge in [0.05, 0.1) is 6.54 Å². The predicted octanol–water partition coefficient (Wildman–Crippen LogP) is -0.0435. The fraction of sp³-hybridized carbons (Fsp3) is 0.125. The molecule has 3 aromatic rings. The van der Waals surface area contributed by atoms with Gasteiger partial charge in [-0.1, -0.05) is 30.3 Å². The zero-order chi connectivity index (χ0) is 17.5. The van der Waals surface area contributed by atoms with Gasteiger partial charge in [0.15, 0.2) is 0 Å². The van der Waals surface area contributed by atoms with Gasteiger partial charge in [0, 0.05) is 24.0 Å². The van der Waals surface area contributed by atoms with Crippen LogP contribution in [0.2, 0.25) is 0 Å². The molecule has 0 spiro atoms. The summed E-state index contributed by atoms with van der Waals surface area (Å²) in [6.45, 7) is 2.12. The standard InChI is InChI=1S/C11H10N2O2.C5H6N2O2/c14-10-6-7-13(11(15)12-10)8-9-4-2-1-3-5-9;1-3-2-4(8)7-5(9)6-3/h1-7H,8H2,(H,12,14,15);2H,1H3,(H2,6,7,8,9). The summed E-state index contributed by atoms with van der Waals surface area (Å²) < 4.78 is 1.46. The fourth-order valence-corrected chi connectivity index (χ4v) is 1.94. The SMILES string of the molecule is Cc1cc(=O)[nH]c(=O)[nH]1.O=c1ccn(Cc2ccccc2)c(=O)[nH]1. The Labute approximate surface area is 135 Å². The minimum absolute atomic E-state index is 0.365. The number of rotatable bonds is 2. The van der Waals surface area contributed by atoms with Crippen LogP contribution in [0.3, 0.4) is 0 Å². The second-order valence-electron chi connectivity index (χ2n) is 4.99. The van der Waals surface area contributed by atoms with Gasteiger partial charge < -0.3 is 4.98 Å². The Kier molecular flexibility index (Phi) is 5.45. The molecule has 0 saturated carbocycles. The van der Waals surface area contributed by atoms with Gasteiger partial charge in [0.25, 0.3) is 11.1 Å². The van der Waals surface area contributed by atoms with Crippen molar-refractivity contribution in [1.29, 1.82) is 0 Å². The number of nitrogens with zero attached hydrogens (tertiary/aromatic N) is 1. The summed E-state index contributed by atoms with van der Waals surface area (Å²) in [5.74, 6) is 0. The van der Waals surface area contributed by atoms with E-state index in [1.807, 2.05) is 35.3 Å². The summed E-state index contributed by atoms with van der Waals surface area (Å²) in [6, 6.07) is 12.2. The summed E-state index contributed by atoms with van der Waals surface area (Å²) in [5, 5.41) is 0. The summed E-state index contributed by atoms with van der Waals surface area (Å²) >= 11 is 0. The molecule has 0 saturated heterocycles. The Morgan fingerprint density at radius 1 is 0.875 bits per heavy atom. The van der Waals surface area contributed by atoms with Crippen molar-refractivity contribution in [1.82, 2.24) is 19.5 Å². The van der Waals surface area contributed by atoms with Gasteiger partial charge in [-0.2, -0.15) is 0 Å². The van der Waals surface area contributed by atoms with Gasteiger partial charge in [-0.25, -0.2) is 9.59 Å². The highest BCUT2D eigenvalue weighted by molar-refractivity contribution is 5.14. The third kappa shape index (κ3) is 5.09. The molecule has 0 atom stereocenters. The molecule has 0 bridgehead atoms. The van der Waals surface area contributed by atoms with Crippen LogP contribution >= 0.6 is 0 Å². The van der Waals surface area contributed by atoms with E-state index in [0.717, 1.165) is 5.56 Å². The highest BCUT2D eigenvalue weighted by Crippen LogP contribution is 1.99. The number of nitrogens with one attached hydrogen (secondary N) is 3. The Morgan fingerprint density at radius 2 is 1.58 bits per heavy atom. The minimum atomic E-state index is -0.458. The molecule has 1 aromatic carbocycles. The number of H-pyrrole nitrogens is 3. The van der Waals surface area contributed by atoms with Crippen molar-refractivity contribution in [3.63, 3.8) is 0 Å². The van der Waals surface area contributed by atoms with Crippen molar-refractivity contribution >= 4 is 0 Å². The van der Waals surface area contributed by atoms with Gasteiger partial charge >= 0.3 is 11.4 Å². The summed E-state index contributed by atoms with van der Waals surface area (Å²) in [7, 11) is 0. The molecular formula is C16H16N4O4. The monoisotopic (exact) mass is 328 g/mol. The van der Waals surface area contributed by atoms with Crippen LogP contribution in [0, 0.1) is 6.92 Å². The number of aromatic nitrogens is 4. The van der Waals surface area contributed by atoms with Crippen molar-refractivity contribution in [3.8, 4) is 0 Å². The maximum atomic E-state index is 11.4. The lowest BCUT2D eigenvalue weighted by molar-refractivity contribution is 0.720. The third-order valence-corrected chi connectivity index (χ3v) is 2.99. The lowest BCUT2D eigenvalue weighted by atomic mass is 10.2. The second kappa shape index (κ2) is 7.73. The lowest BCUT2D eigenvalue weighted by Gasteiger charge is -2.03. The molecular weight excluding hydrogens is 312 g/mol. The fourth-order valence-electron chi connectivity index (χ4n) is 1.94. The quantitative estimate of drug-likeness (QED) is 0.611. The molecule has 0 aliphatic carbocycles. The van der Waals surface area contributed by atoms with Gasteiger partial charge in [-0.15, -0.1) is 0 Å². The van der Waals surface area contributed by atoms with Crippen LogP contribution in [0.15, 0.2) is 67.8 Å². The van der Waals surface area contributed by atoms with Crippen LogP contribution in [0.25, 0.3) is 0 Å². The Morgan fingerprint density at radius 3 is 2.17 bits per heavy atom. The van der Waals surface area contributed by atoms with E-state index in [1.165, 1.54) is 22.9 Å². The van der Waals surface area contributed by atoms with E-state index in [1.54, 1.807) is 6.92 Å². The van der Waals surface area contributed by atoms with E-state index < -0.39 is 5.69 Å². The lowest BCUT2D eigenvalue weighted by Crippen LogP contribution is -2.28. The van der Waals surface area contributed by atoms with Gasteiger partial charge in [-0.05, 0) is 12.5 Å². The molecule has 8 nitrogen and oxygen atoms in total. The van der Waals surface area contributed by atoms with E-state index in [4.69, 9.17) is 0 Å². The van der Waals surface area contributed by atoms with Gasteiger partial charge in [0.1, 0.15) is 0 Å². The number of aryl methyl sites for hydroxylation is 1. The first-order valence-electron chi connectivity index (χ1n) is 7.08. The van der Waals surface area contributed by atoms with Crippen LogP contribution in [0.5, 0.6) is 0 Å². The van der Waals surface area contributed by atoms with Crippen molar-refractivity contribution < 1.29 is 0 Å². The van der Waals surface area contributed by atoms with Crippen molar-refractivity contribution in [2.24, 2.45) is 0 Å². The molecule has 0 radical (unpaired) electrons. The van der Waals surface area contributed by atoms with E-state index >= 15 is 0 Å². The molecule has 2 aromatic heterocycles. The van der Waals surface area contributed by atoms with Crippen LogP contribution in [0.4, 0.5) is 0 Å². The number of hydrogen-bond donors (Lipinski definition) is 3. The smallest absolute Gasteiger partial charge is 0.312 e. The average molecular weight is 328 g/mol. The molecule has 3 N–H and O–H groups in total. The molecule has 0 aliphatic heterocycles. The zero-order valence-corrected chi connectivity index (χ0v) is 12.9. The van der Waals surface area contributed by atoms with E-state index in [9.17, 15) is 19.2 Å². The first kappa shape index (κ1) is 16.9. The number of hydrogen-bond acceptors (Lipinski definition) is 4. The molecule has 8 heteroatoms. The normalized spacial score (nSPS) is 9.88. The topological polar surface area (TPSA) is 121 Å². The Hall–Kier alpha value is -3.42. The predicted molar refractivity (Wildman–Crippen MR) is 89.3 cm³/mol.